The Morgan fingerprint density at radius 2 is 1.24 bits per heavy atom. The van der Waals surface area contributed by atoms with Crippen molar-refractivity contribution < 1.29 is 4.74 Å². The Kier molecular flexibility index (Phi) is 2.51. The second kappa shape index (κ2) is 4.38. The molecule has 2 N–H and O–H groups in total. The van der Waals surface area contributed by atoms with Gasteiger partial charge in [-0.2, -0.15) is 0 Å². The number of hydrogen-bond acceptors (Lipinski definition) is 2. The Morgan fingerprint density at radius 3 is 1.90 bits per heavy atom. The summed E-state index contributed by atoms with van der Waals surface area (Å²) < 4.78 is 5.30. The fraction of sp³-hybridized carbons (Fsp3) is 0.0526. The van der Waals surface area contributed by atoms with Crippen molar-refractivity contribution >= 4 is 38.0 Å². The molecule has 4 aromatic carbocycles. The van der Waals surface area contributed by atoms with E-state index in [2.05, 4.69) is 42.5 Å². The van der Waals surface area contributed by atoms with Gasteiger partial charge in [0.2, 0.25) is 0 Å². The van der Waals surface area contributed by atoms with Gasteiger partial charge in [-0.05, 0) is 56.6 Å². The summed E-state index contributed by atoms with van der Waals surface area (Å²) in [6.07, 6.45) is 0. The summed E-state index contributed by atoms with van der Waals surface area (Å²) in [6.45, 7) is 0. The Hall–Kier alpha value is -2.74. The average molecular weight is 273 g/mol. The predicted octanol–water partition coefficient (Wildman–Crippen LogP) is 4.74. The van der Waals surface area contributed by atoms with E-state index in [0.717, 1.165) is 11.4 Å². The third kappa shape index (κ3) is 1.80. The summed E-state index contributed by atoms with van der Waals surface area (Å²) in [5.74, 6) is 0.885. The van der Waals surface area contributed by atoms with E-state index in [9.17, 15) is 0 Å². The van der Waals surface area contributed by atoms with Crippen molar-refractivity contribution in [3.05, 3.63) is 60.7 Å². The Labute approximate surface area is 122 Å². The van der Waals surface area contributed by atoms with Crippen molar-refractivity contribution in [1.82, 2.24) is 0 Å². The first-order chi connectivity index (χ1) is 10.3. The SMILES string of the molecule is COc1ccc2c(ccc3c4ccc(N)cc4ccc23)c1. The molecule has 0 saturated carbocycles. The summed E-state index contributed by atoms with van der Waals surface area (Å²) >= 11 is 0. The largest absolute Gasteiger partial charge is 0.497 e. The van der Waals surface area contributed by atoms with Crippen molar-refractivity contribution in [2.75, 3.05) is 12.8 Å². The van der Waals surface area contributed by atoms with Crippen LogP contribution in [0.2, 0.25) is 0 Å². The lowest BCUT2D eigenvalue weighted by atomic mass is 9.97. The molecule has 0 aliphatic rings. The molecule has 0 spiro atoms. The maximum Gasteiger partial charge on any atom is 0.119 e. The number of nitrogens with two attached hydrogens (primary N) is 1. The van der Waals surface area contributed by atoms with E-state index in [4.69, 9.17) is 10.5 Å². The molecule has 0 aliphatic carbocycles. The van der Waals surface area contributed by atoms with Gasteiger partial charge in [0, 0.05) is 5.69 Å². The summed E-state index contributed by atoms with van der Waals surface area (Å²) in [5.41, 5.74) is 6.68. The molecule has 0 atom stereocenters. The highest BCUT2D eigenvalue weighted by Crippen LogP contribution is 2.33. The molecular weight excluding hydrogens is 258 g/mol. The fourth-order valence-electron chi connectivity index (χ4n) is 3.01. The maximum absolute atomic E-state index is 5.88. The summed E-state index contributed by atoms with van der Waals surface area (Å²) in [5, 5.41) is 7.36. The van der Waals surface area contributed by atoms with E-state index >= 15 is 0 Å². The van der Waals surface area contributed by atoms with Crippen LogP contribution >= 0.6 is 0 Å². The summed E-state index contributed by atoms with van der Waals surface area (Å²) in [4.78, 5) is 0. The van der Waals surface area contributed by atoms with Gasteiger partial charge in [-0.15, -0.1) is 0 Å². The van der Waals surface area contributed by atoms with E-state index in [1.165, 1.54) is 32.3 Å². The minimum absolute atomic E-state index is 0.798. The monoisotopic (exact) mass is 273 g/mol. The molecule has 0 radical (unpaired) electrons. The lowest BCUT2D eigenvalue weighted by Crippen LogP contribution is -1.86. The first kappa shape index (κ1) is 12.0. The van der Waals surface area contributed by atoms with Crippen molar-refractivity contribution in [2.45, 2.75) is 0 Å². The number of hydrogen-bond donors (Lipinski definition) is 1. The van der Waals surface area contributed by atoms with Gasteiger partial charge >= 0.3 is 0 Å². The van der Waals surface area contributed by atoms with E-state index in [1.807, 2.05) is 18.2 Å². The number of nitrogen functional groups attached to an aromatic ring is 1. The first-order valence-corrected chi connectivity index (χ1v) is 6.95. The molecule has 0 aromatic heterocycles. The third-order valence-electron chi connectivity index (χ3n) is 4.06. The number of rotatable bonds is 1. The molecule has 102 valence electrons. The van der Waals surface area contributed by atoms with Crippen molar-refractivity contribution in [3.8, 4) is 5.75 Å². The van der Waals surface area contributed by atoms with Gasteiger partial charge in [0.1, 0.15) is 5.75 Å². The van der Waals surface area contributed by atoms with Crippen LogP contribution in [-0.2, 0) is 0 Å². The van der Waals surface area contributed by atoms with Crippen LogP contribution in [0.4, 0.5) is 5.69 Å². The minimum Gasteiger partial charge on any atom is -0.497 e. The van der Waals surface area contributed by atoms with Crippen LogP contribution in [0.1, 0.15) is 0 Å². The molecule has 4 rings (SSSR count). The fourth-order valence-corrected chi connectivity index (χ4v) is 3.01. The van der Waals surface area contributed by atoms with Crippen LogP contribution in [0.15, 0.2) is 60.7 Å². The number of anilines is 1. The van der Waals surface area contributed by atoms with E-state index in [0.29, 0.717) is 0 Å². The minimum atomic E-state index is 0.798. The Morgan fingerprint density at radius 1 is 0.667 bits per heavy atom. The molecule has 4 aromatic rings. The van der Waals surface area contributed by atoms with Gasteiger partial charge in [0.05, 0.1) is 7.11 Å². The second-order valence-electron chi connectivity index (χ2n) is 5.29. The van der Waals surface area contributed by atoms with Crippen molar-refractivity contribution in [1.29, 1.82) is 0 Å². The van der Waals surface area contributed by atoms with Gasteiger partial charge in [-0.1, -0.05) is 36.4 Å². The lowest BCUT2D eigenvalue weighted by molar-refractivity contribution is 0.415. The van der Waals surface area contributed by atoms with E-state index < -0.39 is 0 Å². The van der Waals surface area contributed by atoms with E-state index in [-0.39, 0.29) is 0 Å². The predicted molar refractivity (Wildman–Crippen MR) is 89.9 cm³/mol. The zero-order valence-corrected chi connectivity index (χ0v) is 11.8. The lowest BCUT2D eigenvalue weighted by Gasteiger charge is -2.09. The van der Waals surface area contributed by atoms with Crippen molar-refractivity contribution in [3.63, 3.8) is 0 Å². The molecule has 2 heteroatoms. The normalized spacial score (nSPS) is 11.3. The molecule has 0 saturated heterocycles. The highest BCUT2D eigenvalue weighted by atomic mass is 16.5. The van der Waals surface area contributed by atoms with Gasteiger partial charge < -0.3 is 10.5 Å². The van der Waals surface area contributed by atoms with Gasteiger partial charge in [0.15, 0.2) is 0 Å². The molecule has 0 bridgehead atoms. The van der Waals surface area contributed by atoms with Crippen molar-refractivity contribution in [2.24, 2.45) is 0 Å². The van der Waals surface area contributed by atoms with Crippen LogP contribution in [-0.4, -0.2) is 7.11 Å². The van der Waals surface area contributed by atoms with Crippen LogP contribution in [0.5, 0.6) is 5.75 Å². The van der Waals surface area contributed by atoms with Crippen LogP contribution < -0.4 is 10.5 Å². The summed E-state index contributed by atoms with van der Waals surface area (Å²) in [7, 11) is 1.69. The zero-order valence-electron chi connectivity index (χ0n) is 11.8. The highest BCUT2D eigenvalue weighted by molar-refractivity contribution is 6.17. The van der Waals surface area contributed by atoms with Crippen LogP contribution in [0.3, 0.4) is 0 Å². The molecule has 0 amide bonds. The number of fused-ring (bicyclic) bond motifs is 5. The molecular formula is C19H15NO. The smallest absolute Gasteiger partial charge is 0.119 e. The zero-order chi connectivity index (χ0) is 14.4. The highest BCUT2D eigenvalue weighted by Gasteiger charge is 2.05. The third-order valence-corrected chi connectivity index (χ3v) is 4.06. The molecule has 0 aliphatic heterocycles. The number of methoxy groups -OCH3 is 1. The van der Waals surface area contributed by atoms with Gasteiger partial charge in [-0.3, -0.25) is 0 Å². The first-order valence-electron chi connectivity index (χ1n) is 6.95. The molecule has 0 unspecified atom stereocenters. The topological polar surface area (TPSA) is 35.2 Å². The Balaban J connectivity index is 2.14. The molecule has 0 heterocycles. The molecule has 21 heavy (non-hydrogen) atoms. The quantitative estimate of drug-likeness (QED) is 0.401. The van der Waals surface area contributed by atoms with Gasteiger partial charge in [0.25, 0.3) is 0 Å². The Bertz CT molecular complexity index is 989. The standard InChI is InChI=1S/C19H15NO/c1-21-15-5-9-17-13(11-15)3-7-18-16-8-4-14(20)10-12(16)2-6-19(17)18/h2-11H,20H2,1H3. The van der Waals surface area contributed by atoms with Crippen LogP contribution in [0, 0.1) is 0 Å². The molecule has 2 nitrogen and oxygen atoms in total. The number of benzene rings is 4. The van der Waals surface area contributed by atoms with Gasteiger partial charge in [-0.25, -0.2) is 0 Å². The van der Waals surface area contributed by atoms with E-state index in [1.54, 1.807) is 7.11 Å². The second-order valence-corrected chi connectivity index (χ2v) is 5.29. The van der Waals surface area contributed by atoms with Crippen LogP contribution in [0.25, 0.3) is 32.3 Å². The average Bonchev–Trinajstić information content (AvgIpc) is 2.53. The number of ether oxygens (including phenoxy) is 1. The molecule has 0 fully saturated rings. The maximum atomic E-state index is 5.88. The summed E-state index contributed by atoms with van der Waals surface area (Å²) in [6, 6.07) is 20.9.